The first-order valence-electron chi connectivity index (χ1n) is 35.0. The zero-order valence-electron chi connectivity index (χ0n) is 62.6. The van der Waals surface area contributed by atoms with Crippen molar-refractivity contribution in [2.24, 2.45) is 57.7 Å². The molecule has 0 bridgehead atoms. The number of aliphatic hydroxyl groups is 1. The molecule has 0 heterocycles. The van der Waals surface area contributed by atoms with Gasteiger partial charge in [-0.25, -0.2) is 4.79 Å². The average Bonchev–Trinajstić information content (AvgIpc) is 0.854. The molecular formula is C66H115N17O22. The van der Waals surface area contributed by atoms with Crippen molar-refractivity contribution in [1.29, 1.82) is 0 Å². The van der Waals surface area contributed by atoms with Gasteiger partial charge in [-0.15, -0.1) is 0 Å². The zero-order chi connectivity index (χ0) is 81.0. The molecule has 105 heavy (non-hydrogen) atoms. The number of amides is 13. The Morgan fingerprint density at radius 3 is 1.07 bits per heavy atom. The summed E-state index contributed by atoms with van der Waals surface area (Å²) in [5, 5.41) is 80.1. The lowest BCUT2D eigenvalue weighted by Gasteiger charge is -2.30. The lowest BCUT2D eigenvalue weighted by atomic mass is 9.95. The first-order chi connectivity index (χ1) is 48.8. The van der Waals surface area contributed by atoms with Gasteiger partial charge in [-0.05, 0) is 88.4 Å². The van der Waals surface area contributed by atoms with E-state index in [0.717, 1.165) is 13.8 Å². The Kier molecular flexibility index (Phi) is 43.1. The van der Waals surface area contributed by atoms with Crippen LogP contribution in [-0.4, -0.2) is 230 Å². The predicted octanol–water partition coefficient (Wildman–Crippen LogP) is -4.49. The van der Waals surface area contributed by atoms with E-state index in [-0.39, 0.29) is 44.1 Å². The minimum Gasteiger partial charge on any atom is -0.481 e. The van der Waals surface area contributed by atoms with E-state index in [1.807, 2.05) is 13.8 Å². The number of aliphatic carboxylic acids is 4. The second kappa shape index (κ2) is 47.5. The second-order valence-electron chi connectivity index (χ2n) is 27.2. The standard InChI is InChI=1S/C66H115N17O22/c1-16-32(10)49(81-55(94)38(67)26-29(4)5)63(102)76-41(22-24-45(87)88)57(96)75-40(21-23-44(85)86)56(95)72-35(13)52(91)71-36(14)53(92)78-43(28-84)60(99)74-39(20-19-25-70-66(68)69)58(97)82-50(33(11)17-2)64(103)80-47(30(6)7)61(100)77-42(27-46(89)90)59(98)73-37(15)54(93)79-48(31(8)9)62(101)83-51(65(104)105)34(12)18-3/h29-43,47-51,84H,16-28,67H2,1-15H3,(H,71,91)(H,72,95)(H,73,98)(H,74,99)(H,75,96)(H,76,102)(H,77,100)(H,78,92)(H,79,93)(H,80,103)(H,81,94)(H,82,97)(H,83,101)(H,85,86)(H,87,88)(H,89,90)(H,104,105)(H4,68,69,70)/t32-,33-,34-,35-,36-,37-,38-,39-,40-,41-,42-,43-,47-,48-,49-,50-,51-/m0/s1. The van der Waals surface area contributed by atoms with E-state index in [1.165, 1.54) is 20.8 Å². The number of nitrogens with zero attached hydrogens (tertiary/aromatic N) is 1. The fourth-order valence-corrected chi connectivity index (χ4v) is 10.0. The maximum atomic E-state index is 14.3. The molecule has 0 rings (SSSR count). The van der Waals surface area contributed by atoms with Crippen LogP contribution in [0.4, 0.5) is 0 Å². The average molecular weight is 1500 g/mol. The summed E-state index contributed by atoms with van der Waals surface area (Å²) in [5.41, 5.74) is 17.0. The molecule has 0 aliphatic carbocycles. The Hall–Kier alpha value is -9.82. The number of nitrogens with one attached hydrogen (secondary N) is 13. The van der Waals surface area contributed by atoms with Gasteiger partial charge in [0.2, 0.25) is 76.8 Å². The Labute approximate surface area is 610 Å². The lowest BCUT2D eigenvalue weighted by Crippen LogP contribution is -2.62. The molecule has 0 aromatic heterocycles. The number of guanidine groups is 1. The smallest absolute Gasteiger partial charge is 0.326 e. The van der Waals surface area contributed by atoms with Gasteiger partial charge >= 0.3 is 23.9 Å². The van der Waals surface area contributed by atoms with Crippen molar-refractivity contribution >= 4 is 107 Å². The third-order valence-corrected chi connectivity index (χ3v) is 17.1. The molecule has 0 spiro atoms. The first-order valence-corrected chi connectivity index (χ1v) is 35.0. The molecule has 24 N–H and O–H groups in total. The summed E-state index contributed by atoms with van der Waals surface area (Å²) in [6, 6.07) is -21.2. The Morgan fingerprint density at radius 1 is 0.352 bits per heavy atom. The van der Waals surface area contributed by atoms with Gasteiger partial charge in [0.1, 0.15) is 78.5 Å². The topological polar surface area (TPSA) is 638 Å². The Bertz CT molecular complexity index is 3040. The minimum absolute atomic E-state index is 0.00808. The molecule has 0 aromatic rings. The fourth-order valence-electron chi connectivity index (χ4n) is 10.0. The van der Waals surface area contributed by atoms with Crippen molar-refractivity contribution in [3.8, 4) is 0 Å². The number of carbonyl (C=O) groups is 17. The third-order valence-electron chi connectivity index (χ3n) is 17.1. The molecule has 596 valence electrons. The summed E-state index contributed by atoms with van der Waals surface area (Å²) in [6.45, 7) is 22.0. The van der Waals surface area contributed by atoms with E-state index in [1.54, 1.807) is 55.4 Å². The third kappa shape index (κ3) is 35.0. The van der Waals surface area contributed by atoms with Crippen LogP contribution in [0.15, 0.2) is 4.99 Å². The highest BCUT2D eigenvalue weighted by Crippen LogP contribution is 2.16. The van der Waals surface area contributed by atoms with Crippen LogP contribution in [0.25, 0.3) is 0 Å². The molecule has 0 saturated carbocycles. The summed E-state index contributed by atoms with van der Waals surface area (Å²) in [7, 11) is 0. The summed E-state index contributed by atoms with van der Waals surface area (Å²) in [5.74, 6) is -22.3. The molecule has 39 heteroatoms. The number of aliphatic imine (C=N–C) groups is 1. The van der Waals surface area contributed by atoms with Crippen LogP contribution in [0.1, 0.15) is 174 Å². The zero-order valence-corrected chi connectivity index (χ0v) is 62.6. The normalized spacial score (nSPS) is 16.1. The molecule has 17 atom stereocenters. The van der Waals surface area contributed by atoms with Gasteiger partial charge < -0.3 is 112 Å². The molecule has 0 unspecified atom stereocenters. The van der Waals surface area contributed by atoms with Gasteiger partial charge in [-0.2, -0.15) is 0 Å². The van der Waals surface area contributed by atoms with Crippen LogP contribution in [0.5, 0.6) is 0 Å². The molecule has 0 radical (unpaired) electrons. The van der Waals surface area contributed by atoms with Crippen LogP contribution in [0.2, 0.25) is 0 Å². The number of carboxylic acids is 4. The SMILES string of the molecule is CC[C@H](C)[C@H](NC(=O)[C@@H](NC(=O)[C@H](C)NC(=O)[C@H](CC(=O)O)NC(=O)[C@@H](NC(=O)[C@@H](NC(=O)[C@H](CCCN=C(N)N)NC(=O)[C@H](CO)NC(=O)[C@H](C)NC(=O)[C@H](C)NC(=O)[C@H](CCC(=O)O)NC(=O)[C@H](CCC(=O)O)NC(=O)[C@@H](NC(=O)[C@@H](N)CC(C)C)[C@@H](C)CC)[C@@H](C)CC)C(C)C)C(C)C)C(=O)O. The first kappa shape index (κ1) is 95.2. The van der Waals surface area contributed by atoms with Gasteiger partial charge in [-0.1, -0.05) is 102 Å². The fraction of sp³-hybridized carbons (Fsp3) is 0.727. The van der Waals surface area contributed by atoms with E-state index in [0.29, 0.717) is 12.8 Å². The molecule has 0 aliphatic rings. The number of nitrogens with two attached hydrogens (primary N) is 3. The summed E-state index contributed by atoms with van der Waals surface area (Å²) in [6.07, 6.45) is -2.61. The largest absolute Gasteiger partial charge is 0.481 e. The van der Waals surface area contributed by atoms with Gasteiger partial charge in [0.05, 0.1) is 19.1 Å². The molecule has 0 aliphatic heterocycles. The Balaban J connectivity index is 6.64. The number of carboxylic acid groups (broad SMARTS) is 4. The number of hydrogen-bond acceptors (Lipinski definition) is 20. The number of rotatable bonds is 50. The lowest BCUT2D eigenvalue weighted by molar-refractivity contribution is -0.144. The van der Waals surface area contributed by atoms with Gasteiger partial charge in [-0.3, -0.25) is 81.7 Å². The highest BCUT2D eigenvalue weighted by molar-refractivity contribution is 6.01. The van der Waals surface area contributed by atoms with Crippen LogP contribution in [-0.2, 0) is 81.5 Å². The molecule has 0 fully saturated rings. The van der Waals surface area contributed by atoms with Gasteiger partial charge in [0.25, 0.3) is 0 Å². The van der Waals surface area contributed by atoms with Gasteiger partial charge in [0.15, 0.2) is 5.96 Å². The molecule has 0 saturated heterocycles. The van der Waals surface area contributed by atoms with E-state index in [9.17, 15) is 107 Å². The number of aliphatic hydroxyl groups excluding tert-OH is 1. The van der Waals surface area contributed by atoms with E-state index in [2.05, 4.69) is 74.1 Å². The second-order valence-corrected chi connectivity index (χ2v) is 27.2. The van der Waals surface area contributed by atoms with Crippen molar-refractivity contribution in [2.75, 3.05) is 13.2 Å². The Morgan fingerprint density at radius 2 is 0.657 bits per heavy atom. The molecular weight excluding hydrogens is 1380 g/mol. The summed E-state index contributed by atoms with van der Waals surface area (Å²) >= 11 is 0. The van der Waals surface area contributed by atoms with Gasteiger partial charge in [0, 0.05) is 19.4 Å². The molecule has 0 aromatic carbocycles. The van der Waals surface area contributed by atoms with Crippen molar-refractivity contribution in [3.05, 3.63) is 0 Å². The maximum Gasteiger partial charge on any atom is 0.326 e. The van der Waals surface area contributed by atoms with Crippen molar-refractivity contribution in [1.82, 2.24) is 69.1 Å². The van der Waals surface area contributed by atoms with Crippen LogP contribution in [0.3, 0.4) is 0 Å². The highest BCUT2D eigenvalue weighted by atomic mass is 16.4. The number of carbonyl (C=O) groups excluding carboxylic acids is 13. The monoisotopic (exact) mass is 1500 g/mol. The van der Waals surface area contributed by atoms with Crippen molar-refractivity contribution < 1.29 is 107 Å². The quantitative estimate of drug-likeness (QED) is 0.0155. The van der Waals surface area contributed by atoms with Crippen molar-refractivity contribution in [3.63, 3.8) is 0 Å². The predicted molar refractivity (Wildman–Crippen MR) is 378 cm³/mol. The summed E-state index contributed by atoms with van der Waals surface area (Å²) in [4.78, 5) is 230. The molecule has 39 nitrogen and oxygen atoms in total. The van der Waals surface area contributed by atoms with Crippen LogP contribution >= 0.6 is 0 Å². The van der Waals surface area contributed by atoms with Crippen LogP contribution in [0, 0.1) is 35.5 Å². The minimum atomic E-state index is -1.88. The van der Waals surface area contributed by atoms with E-state index < -0.39 is 254 Å². The van der Waals surface area contributed by atoms with Crippen molar-refractivity contribution in [2.45, 2.75) is 259 Å². The highest BCUT2D eigenvalue weighted by Gasteiger charge is 2.39. The van der Waals surface area contributed by atoms with E-state index in [4.69, 9.17) is 17.2 Å². The van der Waals surface area contributed by atoms with E-state index >= 15 is 0 Å². The number of hydrogen-bond donors (Lipinski definition) is 21. The maximum absolute atomic E-state index is 14.3. The van der Waals surface area contributed by atoms with Crippen LogP contribution < -0.4 is 86.3 Å². The summed E-state index contributed by atoms with van der Waals surface area (Å²) < 4.78 is 0. The molecule has 13 amide bonds.